The van der Waals surface area contributed by atoms with E-state index in [2.05, 4.69) is 11.0 Å². The van der Waals surface area contributed by atoms with Gasteiger partial charge in [-0.05, 0) is 135 Å². The molecule has 2 aromatic carbocycles. The fourth-order valence-corrected chi connectivity index (χ4v) is 6.53. The van der Waals surface area contributed by atoms with Crippen LogP contribution in [-0.4, -0.2) is 46.0 Å². The molecular formula is C37H44FN3O4. The minimum atomic E-state index is -1.14. The van der Waals surface area contributed by atoms with Crippen LogP contribution in [0.4, 0.5) is 4.39 Å². The molecule has 1 saturated heterocycles. The van der Waals surface area contributed by atoms with Gasteiger partial charge in [-0.3, -0.25) is 14.4 Å². The molecule has 1 N–H and O–H groups in total. The standard InChI is InChI=1S/C37H44FN3O4/c1-22(2)12-32(41-21-28(23(3)16-34(41)43)8-11-40-9-7-10-40)33(42)18-29(19-35(44)45)31-17-30(15-26(6)37(31)38)36-24(4)13-27(20-39)14-25(36)5/h13-17,21-22,29,32H,7-12,18-19H2,1-6H3,(H,44,45)/t29-,32?/m0/s1. The molecule has 8 heteroatoms. The summed E-state index contributed by atoms with van der Waals surface area (Å²) in [6, 6.07) is 9.84. The Morgan fingerprint density at radius 2 is 1.64 bits per heavy atom. The normalized spacial score (nSPS) is 14.6. The van der Waals surface area contributed by atoms with Crippen molar-refractivity contribution >= 4 is 11.8 Å². The zero-order valence-corrected chi connectivity index (χ0v) is 27.2. The smallest absolute Gasteiger partial charge is 0.303 e. The Bertz CT molecular complexity index is 1670. The second-order valence-corrected chi connectivity index (χ2v) is 13.1. The number of benzene rings is 2. The number of hydrogen-bond donors (Lipinski definition) is 1. The summed E-state index contributed by atoms with van der Waals surface area (Å²) in [5, 5.41) is 19.3. The number of nitrogens with zero attached hydrogens (tertiary/aromatic N) is 3. The van der Waals surface area contributed by atoms with E-state index < -0.39 is 30.2 Å². The van der Waals surface area contributed by atoms with E-state index in [-0.39, 0.29) is 29.2 Å². The van der Waals surface area contributed by atoms with Crippen molar-refractivity contribution in [1.82, 2.24) is 9.47 Å². The first-order valence-electron chi connectivity index (χ1n) is 15.8. The lowest BCUT2D eigenvalue weighted by atomic mass is 9.83. The maximum Gasteiger partial charge on any atom is 0.303 e. The van der Waals surface area contributed by atoms with Crippen LogP contribution in [0.25, 0.3) is 11.1 Å². The van der Waals surface area contributed by atoms with Gasteiger partial charge in [-0.15, -0.1) is 0 Å². The van der Waals surface area contributed by atoms with Gasteiger partial charge in [0.15, 0.2) is 5.78 Å². The minimum Gasteiger partial charge on any atom is -0.481 e. The summed E-state index contributed by atoms with van der Waals surface area (Å²) in [5.74, 6) is -2.82. The Balaban J connectivity index is 1.74. The van der Waals surface area contributed by atoms with Crippen LogP contribution in [0.3, 0.4) is 0 Å². The van der Waals surface area contributed by atoms with E-state index in [1.54, 1.807) is 43.5 Å². The number of pyridine rings is 1. The molecule has 0 spiro atoms. The van der Waals surface area contributed by atoms with Gasteiger partial charge in [0.25, 0.3) is 5.56 Å². The van der Waals surface area contributed by atoms with Gasteiger partial charge in [-0.2, -0.15) is 5.26 Å². The lowest BCUT2D eigenvalue weighted by Gasteiger charge is -2.31. The lowest BCUT2D eigenvalue weighted by Crippen LogP contribution is -2.38. The van der Waals surface area contributed by atoms with Gasteiger partial charge in [0, 0.05) is 31.1 Å². The number of nitriles is 1. The van der Waals surface area contributed by atoms with Crippen molar-refractivity contribution in [2.45, 2.75) is 85.6 Å². The molecule has 238 valence electrons. The van der Waals surface area contributed by atoms with E-state index in [1.165, 1.54) is 11.0 Å². The van der Waals surface area contributed by atoms with Crippen LogP contribution in [0.2, 0.25) is 0 Å². The SMILES string of the molecule is Cc1cc(=O)n(C(CC(C)C)C(=O)C[C@@H](CC(=O)O)c2cc(-c3c(C)cc(C#N)cc3C)cc(C)c2F)cc1CCN1CCC1. The molecule has 3 aromatic rings. The van der Waals surface area contributed by atoms with Gasteiger partial charge in [-0.25, -0.2) is 4.39 Å². The third-order valence-corrected chi connectivity index (χ3v) is 8.99. The number of rotatable bonds is 13. The van der Waals surface area contributed by atoms with Crippen LogP contribution >= 0.6 is 0 Å². The maximum absolute atomic E-state index is 15.8. The van der Waals surface area contributed by atoms with Gasteiger partial charge < -0.3 is 14.6 Å². The Kier molecular flexibility index (Phi) is 10.8. The Morgan fingerprint density at radius 1 is 0.978 bits per heavy atom. The summed E-state index contributed by atoms with van der Waals surface area (Å²) in [7, 11) is 0. The molecule has 1 fully saturated rings. The van der Waals surface area contributed by atoms with Crippen molar-refractivity contribution in [1.29, 1.82) is 5.26 Å². The number of halogens is 1. The quantitative estimate of drug-likeness (QED) is 0.227. The van der Waals surface area contributed by atoms with Crippen LogP contribution < -0.4 is 5.56 Å². The van der Waals surface area contributed by atoms with Crippen molar-refractivity contribution in [3.05, 3.63) is 91.6 Å². The number of ketones is 1. The summed E-state index contributed by atoms with van der Waals surface area (Å²) in [5.41, 5.74) is 5.88. The van der Waals surface area contributed by atoms with Crippen LogP contribution in [0.15, 0.2) is 41.3 Å². The van der Waals surface area contributed by atoms with Crippen molar-refractivity contribution < 1.29 is 19.1 Å². The molecule has 7 nitrogen and oxygen atoms in total. The van der Waals surface area contributed by atoms with Crippen molar-refractivity contribution in [2.24, 2.45) is 5.92 Å². The van der Waals surface area contributed by atoms with E-state index in [4.69, 9.17) is 0 Å². The zero-order chi connectivity index (χ0) is 33.0. The van der Waals surface area contributed by atoms with E-state index in [0.29, 0.717) is 23.1 Å². The molecule has 0 amide bonds. The van der Waals surface area contributed by atoms with Gasteiger partial charge in [-0.1, -0.05) is 13.8 Å². The third-order valence-electron chi connectivity index (χ3n) is 8.99. The molecule has 1 unspecified atom stereocenters. The van der Waals surface area contributed by atoms with E-state index in [0.717, 1.165) is 53.9 Å². The molecule has 0 radical (unpaired) electrons. The minimum absolute atomic E-state index is 0.0826. The second kappa shape index (κ2) is 14.3. The first kappa shape index (κ1) is 33.8. The summed E-state index contributed by atoms with van der Waals surface area (Å²) >= 11 is 0. The average Bonchev–Trinajstić information content (AvgIpc) is 2.92. The van der Waals surface area contributed by atoms with E-state index >= 15 is 4.39 Å². The van der Waals surface area contributed by atoms with Gasteiger partial charge in [0.2, 0.25) is 0 Å². The van der Waals surface area contributed by atoms with Gasteiger partial charge >= 0.3 is 5.97 Å². The molecule has 1 aliphatic heterocycles. The molecule has 2 heterocycles. The summed E-state index contributed by atoms with van der Waals surface area (Å²) in [6.45, 7) is 14.3. The van der Waals surface area contributed by atoms with Crippen molar-refractivity contribution in [3.8, 4) is 17.2 Å². The topological polar surface area (TPSA) is 103 Å². The molecule has 1 aliphatic rings. The fourth-order valence-electron chi connectivity index (χ4n) is 6.53. The number of aromatic nitrogens is 1. The highest BCUT2D eigenvalue weighted by atomic mass is 19.1. The number of likely N-dealkylation sites (tertiary alicyclic amines) is 1. The molecule has 0 aliphatic carbocycles. The average molecular weight is 614 g/mol. The molecule has 1 aromatic heterocycles. The third kappa shape index (κ3) is 7.96. The molecule has 0 saturated carbocycles. The van der Waals surface area contributed by atoms with Crippen molar-refractivity contribution in [2.75, 3.05) is 19.6 Å². The molecule has 2 atom stereocenters. The number of Topliss-reactive ketones (excluding diaryl/α,β-unsaturated/α-hetero) is 1. The predicted molar refractivity (Wildman–Crippen MR) is 174 cm³/mol. The maximum atomic E-state index is 15.8. The fraction of sp³-hybridized carbons (Fsp3) is 0.459. The van der Waals surface area contributed by atoms with Crippen LogP contribution in [0.5, 0.6) is 0 Å². The molecule has 0 bridgehead atoms. The largest absolute Gasteiger partial charge is 0.481 e. The number of carboxylic acids is 1. The Labute approximate surface area is 265 Å². The number of aryl methyl sites for hydroxylation is 4. The number of carboxylic acid groups (broad SMARTS) is 1. The van der Waals surface area contributed by atoms with Crippen LogP contribution in [-0.2, 0) is 16.0 Å². The first-order chi connectivity index (χ1) is 21.3. The second-order valence-electron chi connectivity index (χ2n) is 13.1. The first-order valence-corrected chi connectivity index (χ1v) is 15.8. The highest BCUT2D eigenvalue weighted by molar-refractivity contribution is 5.84. The monoisotopic (exact) mass is 613 g/mol. The van der Waals surface area contributed by atoms with Crippen molar-refractivity contribution in [3.63, 3.8) is 0 Å². The van der Waals surface area contributed by atoms with Gasteiger partial charge in [0.1, 0.15) is 5.82 Å². The summed E-state index contributed by atoms with van der Waals surface area (Å²) in [6.07, 6.45) is 3.50. The summed E-state index contributed by atoms with van der Waals surface area (Å²) < 4.78 is 17.4. The van der Waals surface area contributed by atoms with Gasteiger partial charge in [0.05, 0.1) is 24.1 Å². The van der Waals surface area contributed by atoms with E-state index in [9.17, 15) is 24.8 Å². The van der Waals surface area contributed by atoms with Crippen LogP contribution in [0, 0.1) is 50.8 Å². The summed E-state index contributed by atoms with van der Waals surface area (Å²) in [4.78, 5) is 41.9. The number of aliphatic carboxylic acids is 1. The highest BCUT2D eigenvalue weighted by Crippen LogP contribution is 2.37. The number of hydrogen-bond acceptors (Lipinski definition) is 5. The predicted octanol–water partition coefficient (Wildman–Crippen LogP) is 6.81. The molecular weight excluding hydrogens is 569 g/mol. The molecule has 45 heavy (non-hydrogen) atoms. The van der Waals surface area contributed by atoms with Crippen LogP contribution in [0.1, 0.15) is 90.4 Å². The Morgan fingerprint density at radius 3 is 2.20 bits per heavy atom. The Hall–Kier alpha value is -4.09. The zero-order valence-electron chi connectivity index (χ0n) is 27.2. The lowest BCUT2D eigenvalue weighted by molar-refractivity contribution is -0.137. The molecule has 4 rings (SSSR count). The number of carbonyl (C=O) groups is 2. The highest BCUT2D eigenvalue weighted by Gasteiger charge is 2.30. The van der Waals surface area contributed by atoms with E-state index in [1.807, 2.05) is 34.6 Å². The number of carbonyl (C=O) groups excluding carboxylic acids is 1.